The fourth-order valence-corrected chi connectivity index (χ4v) is 2.55. The first-order valence-electron chi connectivity index (χ1n) is 4.81. The van der Waals surface area contributed by atoms with Gasteiger partial charge in [0, 0.05) is 24.8 Å². The minimum atomic E-state index is 0.197. The molecule has 76 valence electrons. The van der Waals surface area contributed by atoms with Crippen molar-refractivity contribution >= 4 is 17.7 Å². The minimum absolute atomic E-state index is 0.197. The highest BCUT2D eigenvalue weighted by Crippen LogP contribution is 2.23. The minimum Gasteiger partial charge on any atom is -0.396 e. The number of nitrogens with one attached hydrogen (secondary N) is 1. The van der Waals surface area contributed by atoms with Crippen LogP contribution in [-0.4, -0.2) is 35.7 Å². The van der Waals surface area contributed by atoms with E-state index >= 15 is 0 Å². The summed E-state index contributed by atoms with van der Waals surface area (Å²) in [5.41, 5.74) is 0. The zero-order chi connectivity index (χ0) is 9.52. The fraction of sp³-hybridized carbons (Fsp3) is 0.889. The van der Waals surface area contributed by atoms with Crippen LogP contribution < -0.4 is 5.32 Å². The molecular weight excluding hydrogens is 186 g/mol. The van der Waals surface area contributed by atoms with Gasteiger partial charge in [0.05, 0.1) is 0 Å². The molecular formula is C9H17NO2S. The molecule has 0 radical (unpaired) electrons. The van der Waals surface area contributed by atoms with Crippen LogP contribution in [0.1, 0.15) is 19.3 Å². The topological polar surface area (TPSA) is 49.3 Å². The van der Waals surface area contributed by atoms with E-state index in [9.17, 15) is 4.79 Å². The second-order valence-corrected chi connectivity index (χ2v) is 4.43. The Balaban J connectivity index is 2.03. The van der Waals surface area contributed by atoms with Crippen molar-refractivity contribution in [3.05, 3.63) is 0 Å². The van der Waals surface area contributed by atoms with Gasteiger partial charge in [0.25, 0.3) is 0 Å². The van der Waals surface area contributed by atoms with Crippen LogP contribution in [0.15, 0.2) is 0 Å². The van der Waals surface area contributed by atoms with Crippen LogP contribution in [0.4, 0.5) is 0 Å². The number of thioether (sulfide) groups is 1. The van der Waals surface area contributed by atoms with E-state index in [1.165, 1.54) is 0 Å². The summed E-state index contributed by atoms with van der Waals surface area (Å²) in [4.78, 5) is 11.4. The molecule has 0 aromatic heterocycles. The summed E-state index contributed by atoms with van der Waals surface area (Å²) in [7, 11) is 0. The zero-order valence-electron chi connectivity index (χ0n) is 7.79. The summed E-state index contributed by atoms with van der Waals surface area (Å²) in [5.74, 6) is 2.53. The fourth-order valence-electron chi connectivity index (χ4n) is 1.33. The van der Waals surface area contributed by atoms with Gasteiger partial charge >= 0.3 is 0 Å². The monoisotopic (exact) mass is 203 g/mol. The lowest BCUT2D eigenvalue weighted by molar-refractivity contribution is -0.124. The Hall–Kier alpha value is -0.220. The Bertz CT molecular complexity index is 158. The highest BCUT2D eigenvalue weighted by Gasteiger charge is 2.22. The molecule has 0 aliphatic carbocycles. The second kappa shape index (κ2) is 6.27. The van der Waals surface area contributed by atoms with Crippen LogP contribution in [0.5, 0.6) is 0 Å². The van der Waals surface area contributed by atoms with E-state index in [2.05, 4.69) is 5.32 Å². The molecule has 1 aliphatic heterocycles. The van der Waals surface area contributed by atoms with Crippen molar-refractivity contribution in [3.63, 3.8) is 0 Å². The number of rotatable bonds is 5. The van der Waals surface area contributed by atoms with Crippen LogP contribution in [0.25, 0.3) is 0 Å². The summed E-state index contributed by atoms with van der Waals surface area (Å²) in [6.45, 7) is 0.926. The van der Waals surface area contributed by atoms with Gasteiger partial charge in [0.15, 0.2) is 0 Å². The number of carbonyl (C=O) groups is 1. The number of aliphatic hydroxyl groups is 1. The molecule has 0 saturated carbocycles. The molecule has 13 heavy (non-hydrogen) atoms. The molecule has 1 unspecified atom stereocenters. The second-order valence-electron chi connectivity index (χ2n) is 3.28. The predicted octanol–water partition coefficient (Wildman–Crippen LogP) is 0.628. The maximum Gasteiger partial charge on any atom is 0.223 e. The van der Waals surface area contributed by atoms with Crippen LogP contribution in [0.2, 0.25) is 0 Å². The van der Waals surface area contributed by atoms with Gasteiger partial charge in [-0.25, -0.2) is 0 Å². The number of amides is 1. The van der Waals surface area contributed by atoms with Crippen molar-refractivity contribution in [1.29, 1.82) is 0 Å². The number of aliphatic hydroxyl groups excluding tert-OH is 1. The molecule has 1 fully saturated rings. The van der Waals surface area contributed by atoms with Crippen LogP contribution in [0, 0.1) is 5.92 Å². The van der Waals surface area contributed by atoms with E-state index in [-0.39, 0.29) is 18.4 Å². The molecule has 2 N–H and O–H groups in total. The SMILES string of the molecule is O=C(NCCCCO)C1CCSC1. The van der Waals surface area contributed by atoms with Crippen molar-refractivity contribution in [2.24, 2.45) is 5.92 Å². The standard InChI is InChI=1S/C9H17NO2S/c11-5-2-1-4-10-9(12)8-3-6-13-7-8/h8,11H,1-7H2,(H,10,12). The molecule has 1 heterocycles. The van der Waals surface area contributed by atoms with Gasteiger partial charge in [-0.2, -0.15) is 11.8 Å². The third-order valence-electron chi connectivity index (χ3n) is 2.18. The molecule has 1 atom stereocenters. The van der Waals surface area contributed by atoms with Gasteiger partial charge in [-0.15, -0.1) is 0 Å². The quantitative estimate of drug-likeness (QED) is 0.644. The van der Waals surface area contributed by atoms with Crippen molar-refractivity contribution in [2.75, 3.05) is 24.7 Å². The van der Waals surface area contributed by atoms with Gasteiger partial charge < -0.3 is 10.4 Å². The Morgan fingerprint density at radius 2 is 2.38 bits per heavy atom. The lowest BCUT2D eigenvalue weighted by atomic mass is 10.1. The van der Waals surface area contributed by atoms with Crippen LogP contribution in [0.3, 0.4) is 0 Å². The van der Waals surface area contributed by atoms with Crippen molar-refractivity contribution in [3.8, 4) is 0 Å². The Morgan fingerprint density at radius 1 is 1.54 bits per heavy atom. The maximum absolute atomic E-state index is 11.4. The number of hydrogen-bond acceptors (Lipinski definition) is 3. The predicted molar refractivity (Wildman–Crippen MR) is 54.8 cm³/mol. The van der Waals surface area contributed by atoms with Gasteiger partial charge in [-0.05, 0) is 25.0 Å². The molecule has 1 rings (SSSR count). The third kappa shape index (κ3) is 4.00. The average molecular weight is 203 g/mol. The summed E-state index contributed by atoms with van der Waals surface area (Å²) < 4.78 is 0. The number of carbonyl (C=O) groups excluding carboxylic acids is 1. The molecule has 0 spiro atoms. The van der Waals surface area contributed by atoms with Crippen molar-refractivity contribution in [2.45, 2.75) is 19.3 Å². The zero-order valence-corrected chi connectivity index (χ0v) is 8.61. The first-order chi connectivity index (χ1) is 6.34. The van der Waals surface area contributed by atoms with E-state index in [0.29, 0.717) is 6.54 Å². The van der Waals surface area contributed by atoms with Gasteiger partial charge in [0.2, 0.25) is 5.91 Å². The molecule has 1 saturated heterocycles. The van der Waals surface area contributed by atoms with E-state index in [4.69, 9.17) is 5.11 Å². The molecule has 0 bridgehead atoms. The first kappa shape index (κ1) is 10.9. The van der Waals surface area contributed by atoms with E-state index in [1.807, 2.05) is 11.8 Å². The van der Waals surface area contributed by atoms with E-state index in [0.717, 1.165) is 30.8 Å². The van der Waals surface area contributed by atoms with Crippen molar-refractivity contribution in [1.82, 2.24) is 5.32 Å². The highest BCUT2D eigenvalue weighted by molar-refractivity contribution is 7.99. The van der Waals surface area contributed by atoms with E-state index < -0.39 is 0 Å². The first-order valence-corrected chi connectivity index (χ1v) is 5.96. The molecule has 0 aromatic rings. The summed E-state index contributed by atoms with van der Waals surface area (Å²) in [6, 6.07) is 0. The molecule has 0 aromatic carbocycles. The molecule has 1 amide bonds. The lowest BCUT2D eigenvalue weighted by Crippen LogP contribution is -2.31. The Labute approximate surface area is 83.3 Å². The van der Waals surface area contributed by atoms with E-state index in [1.54, 1.807) is 0 Å². The Morgan fingerprint density at radius 3 is 3.00 bits per heavy atom. The normalized spacial score (nSPS) is 21.8. The third-order valence-corrected chi connectivity index (χ3v) is 3.35. The summed E-state index contributed by atoms with van der Waals surface area (Å²) >= 11 is 1.85. The maximum atomic E-state index is 11.4. The number of hydrogen-bond donors (Lipinski definition) is 2. The molecule has 4 heteroatoms. The summed E-state index contributed by atoms with van der Waals surface area (Å²) in [6.07, 6.45) is 2.68. The highest BCUT2D eigenvalue weighted by atomic mass is 32.2. The number of unbranched alkanes of at least 4 members (excludes halogenated alkanes) is 1. The average Bonchev–Trinajstić information content (AvgIpc) is 2.65. The van der Waals surface area contributed by atoms with Crippen molar-refractivity contribution < 1.29 is 9.90 Å². The smallest absolute Gasteiger partial charge is 0.223 e. The summed E-state index contributed by atoms with van der Waals surface area (Å²) in [5, 5.41) is 11.4. The van der Waals surface area contributed by atoms with Gasteiger partial charge in [-0.3, -0.25) is 4.79 Å². The molecule has 3 nitrogen and oxygen atoms in total. The largest absolute Gasteiger partial charge is 0.396 e. The Kier molecular flexibility index (Phi) is 5.23. The van der Waals surface area contributed by atoms with Crippen LogP contribution >= 0.6 is 11.8 Å². The van der Waals surface area contributed by atoms with Gasteiger partial charge in [0.1, 0.15) is 0 Å². The van der Waals surface area contributed by atoms with Crippen LogP contribution in [-0.2, 0) is 4.79 Å². The van der Waals surface area contributed by atoms with Gasteiger partial charge in [-0.1, -0.05) is 0 Å². The lowest BCUT2D eigenvalue weighted by Gasteiger charge is -2.08. The molecule has 1 aliphatic rings.